The van der Waals surface area contributed by atoms with Gasteiger partial charge in [0.05, 0.1) is 6.61 Å². The van der Waals surface area contributed by atoms with E-state index in [2.05, 4.69) is 69.7 Å². The first-order chi connectivity index (χ1) is 14.6. The number of ether oxygens (including phenoxy) is 1. The average molecular weight is 537 g/mol. The molecule has 1 aromatic carbocycles. The predicted molar refractivity (Wildman–Crippen MR) is 140 cm³/mol. The fourth-order valence-corrected chi connectivity index (χ4v) is 3.52. The van der Waals surface area contributed by atoms with Crippen molar-refractivity contribution in [2.45, 2.75) is 39.2 Å². The quantitative estimate of drug-likeness (QED) is 0.302. The van der Waals surface area contributed by atoms with Gasteiger partial charge >= 0.3 is 0 Å². The maximum absolute atomic E-state index is 5.75. The molecule has 6 nitrogen and oxygen atoms in total. The Balaban J connectivity index is 0.00000341. The highest BCUT2D eigenvalue weighted by Crippen LogP contribution is 2.17. The van der Waals surface area contributed by atoms with Crippen LogP contribution in [-0.2, 0) is 6.42 Å². The Labute approximate surface area is 203 Å². The van der Waals surface area contributed by atoms with Crippen LogP contribution in [0.1, 0.15) is 32.3 Å². The van der Waals surface area contributed by atoms with Crippen molar-refractivity contribution in [1.82, 2.24) is 15.6 Å². The Kier molecular flexibility index (Phi) is 10.9. The topological polar surface area (TPSA) is 61.8 Å². The third-order valence-electron chi connectivity index (χ3n) is 5.25. The number of rotatable bonds is 8. The molecule has 3 rings (SSSR count). The summed E-state index contributed by atoms with van der Waals surface area (Å²) in [4.78, 5) is 11.2. The largest absolute Gasteiger partial charge is 0.493 e. The highest BCUT2D eigenvalue weighted by Gasteiger charge is 2.20. The number of guanidine groups is 1. The summed E-state index contributed by atoms with van der Waals surface area (Å²) >= 11 is 0. The first kappa shape index (κ1) is 25.2. The molecular weight excluding hydrogens is 501 g/mol. The normalized spacial score (nSPS) is 14.8. The van der Waals surface area contributed by atoms with Gasteiger partial charge in [-0.15, -0.1) is 24.0 Å². The molecule has 0 unspecified atom stereocenters. The maximum atomic E-state index is 5.75. The second-order valence-electron chi connectivity index (χ2n) is 8.19. The van der Waals surface area contributed by atoms with Crippen molar-refractivity contribution in [1.29, 1.82) is 0 Å². The minimum absolute atomic E-state index is 0. The number of nitrogens with one attached hydrogen (secondary N) is 2. The predicted octanol–water partition coefficient (Wildman–Crippen LogP) is 4.11. The van der Waals surface area contributed by atoms with E-state index in [1.54, 1.807) is 0 Å². The lowest BCUT2D eigenvalue weighted by atomic mass is 10.1. The van der Waals surface area contributed by atoms with E-state index >= 15 is 0 Å². The van der Waals surface area contributed by atoms with Gasteiger partial charge in [0.15, 0.2) is 5.96 Å². The summed E-state index contributed by atoms with van der Waals surface area (Å²) in [5.74, 6) is 3.42. The summed E-state index contributed by atoms with van der Waals surface area (Å²) in [5.41, 5.74) is 1.29. The average Bonchev–Trinajstić information content (AvgIpc) is 2.79. The number of piperidine rings is 1. The zero-order valence-electron chi connectivity index (χ0n) is 18.9. The van der Waals surface area contributed by atoms with Crippen LogP contribution in [0.4, 0.5) is 5.82 Å². The maximum Gasteiger partial charge on any atom is 0.191 e. The molecule has 0 spiro atoms. The SMILES string of the molecule is CN=C(NCCc1ccc(OCC(C)C)cc1)NC1CCN(c2ccccn2)CC1.I. The van der Waals surface area contributed by atoms with E-state index in [0.29, 0.717) is 12.0 Å². The number of anilines is 1. The molecule has 1 saturated heterocycles. The van der Waals surface area contributed by atoms with Gasteiger partial charge in [0.25, 0.3) is 0 Å². The number of hydrogen-bond acceptors (Lipinski definition) is 4. The van der Waals surface area contributed by atoms with Crippen LogP contribution in [0.5, 0.6) is 5.75 Å². The van der Waals surface area contributed by atoms with Crippen LogP contribution in [0.3, 0.4) is 0 Å². The van der Waals surface area contributed by atoms with Gasteiger partial charge in [-0.1, -0.05) is 32.0 Å². The Morgan fingerprint density at radius 1 is 1.16 bits per heavy atom. The van der Waals surface area contributed by atoms with Crippen molar-refractivity contribution in [2.24, 2.45) is 10.9 Å². The molecule has 1 fully saturated rings. The summed E-state index contributed by atoms with van der Waals surface area (Å²) in [7, 11) is 1.83. The van der Waals surface area contributed by atoms with E-state index in [4.69, 9.17) is 4.74 Å². The van der Waals surface area contributed by atoms with Crippen molar-refractivity contribution in [2.75, 3.05) is 38.2 Å². The third kappa shape index (κ3) is 8.55. The van der Waals surface area contributed by atoms with Gasteiger partial charge in [0, 0.05) is 38.9 Å². The molecule has 0 bridgehead atoms. The number of halogens is 1. The molecule has 0 radical (unpaired) electrons. The van der Waals surface area contributed by atoms with Gasteiger partial charge in [-0.3, -0.25) is 4.99 Å². The zero-order valence-corrected chi connectivity index (χ0v) is 21.2. The number of nitrogens with zero attached hydrogens (tertiary/aromatic N) is 3. The van der Waals surface area contributed by atoms with E-state index in [1.807, 2.05) is 25.4 Å². The molecule has 0 aliphatic carbocycles. The highest BCUT2D eigenvalue weighted by atomic mass is 127. The van der Waals surface area contributed by atoms with Gasteiger partial charge in [-0.25, -0.2) is 4.98 Å². The molecule has 0 amide bonds. The molecule has 7 heteroatoms. The lowest BCUT2D eigenvalue weighted by Gasteiger charge is -2.33. The van der Waals surface area contributed by atoms with Gasteiger partial charge in [-0.05, 0) is 55.0 Å². The molecule has 1 aliphatic heterocycles. The van der Waals surface area contributed by atoms with Gasteiger partial charge in [-0.2, -0.15) is 0 Å². The molecular formula is C24H36IN5O. The van der Waals surface area contributed by atoms with Crippen LogP contribution >= 0.6 is 24.0 Å². The van der Waals surface area contributed by atoms with Crippen LogP contribution in [0.15, 0.2) is 53.7 Å². The van der Waals surface area contributed by atoms with Crippen molar-refractivity contribution in [3.63, 3.8) is 0 Å². The molecule has 31 heavy (non-hydrogen) atoms. The molecule has 2 aromatic rings. The van der Waals surface area contributed by atoms with Crippen LogP contribution < -0.4 is 20.3 Å². The molecule has 1 aliphatic rings. The van der Waals surface area contributed by atoms with Crippen molar-refractivity contribution in [3.05, 3.63) is 54.2 Å². The van der Waals surface area contributed by atoms with Gasteiger partial charge < -0.3 is 20.3 Å². The summed E-state index contributed by atoms with van der Waals surface area (Å²) in [6.45, 7) is 7.94. The molecule has 170 valence electrons. The smallest absolute Gasteiger partial charge is 0.191 e. The molecule has 0 atom stereocenters. The van der Waals surface area contributed by atoms with E-state index < -0.39 is 0 Å². The molecule has 2 N–H and O–H groups in total. The second kappa shape index (κ2) is 13.4. The van der Waals surface area contributed by atoms with Crippen LogP contribution in [0.2, 0.25) is 0 Å². The minimum Gasteiger partial charge on any atom is -0.493 e. The fourth-order valence-electron chi connectivity index (χ4n) is 3.52. The lowest BCUT2D eigenvalue weighted by molar-refractivity contribution is 0.271. The number of benzene rings is 1. The molecule has 2 heterocycles. The first-order valence-corrected chi connectivity index (χ1v) is 11.0. The van der Waals surface area contributed by atoms with Crippen LogP contribution in [0, 0.1) is 5.92 Å². The van der Waals surface area contributed by atoms with Crippen LogP contribution in [0.25, 0.3) is 0 Å². The Morgan fingerprint density at radius 3 is 2.52 bits per heavy atom. The van der Waals surface area contributed by atoms with Crippen molar-refractivity contribution < 1.29 is 4.74 Å². The highest BCUT2D eigenvalue weighted by molar-refractivity contribution is 14.0. The molecule has 1 aromatic heterocycles. The zero-order chi connectivity index (χ0) is 21.2. The Bertz CT molecular complexity index is 774. The standard InChI is InChI=1S/C24H35N5O.HI/c1-19(2)18-30-22-9-7-20(8-10-22)11-15-27-24(25-3)28-21-12-16-29(17-13-21)23-6-4-5-14-26-23;/h4-10,14,19,21H,11-13,15-18H2,1-3H3,(H2,25,27,28);1H. The van der Waals surface area contributed by atoms with Crippen molar-refractivity contribution in [3.8, 4) is 5.75 Å². The second-order valence-corrected chi connectivity index (χ2v) is 8.19. The fraction of sp³-hybridized carbons (Fsp3) is 0.500. The van der Waals surface area contributed by atoms with E-state index in [-0.39, 0.29) is 24.0 Å². The Hall–Kier alpha value is -2.03. The van der Waals surface area contributed by atoms with E-state index in [1.165, 1.54) is 5.56 Å². The van der Waals surface area contributed by atoms with Crippen molar-refractivity contribution >= 4 is 35.8 Å². The minimum atomic E-state index is 0. The number of hydrogen-bond donors (Lipinski definition) is 2. The third-order valence-corrected chi connectivity index (χ3v) is 5.25. The van der Waals surface area contributed by atoms with E-state index in [9.17, 15) is 0 Å². The van der Waals surface area contributed by atoms with Gasteiger partial charge in [0.2, 0.25) is 0 Å². The number of pyridine rings is 1. The van der Waals surface area contributed by atoms with Gasteiger partial charge in [0.1, 0.15) is 11.6 Å². The monoisotopic (exact) mass is 537 g/mol. The van der Waals surface area contributed by atoms with E-state index in [0.717, 1.165) is 63.0 Å². The number of aromatic nitrogens is 1. The summed E-state index contributed by atoms with van der Waals surface area (Å²) in [5, 5.41) is 7.02. The summed E-state index contributed by atoms with van der Waals surface area (Å²) in [6.07, 6.45) is 4.96. The summed E-state index contributed by atoms with van der Waals surface area (Å²) < 4.78 is 5.75. The Morgan fingerprint density at radius 2 is 1.90 bits per heavy atom. The summed E-state index contributed by atoms with van der Waals surface area (Å²) in [6, 6.07) is 14.9. The molecule has 0 saturated carbocycles. The van der Waals surface area contributed by atoms with Crippen LogP contribution in [-0.4, -0.2) is 50.3 Å². The first-order valence-electron chi connectivity index (χ1n) is 11.0. The lowest BCUT2D eigenvalue weighted by Crippen LogP contribution is -2.49. The number of aliphatic imine (C=N–C) groups is 1.